The van der Waals surface area contributed by atoms with E-state index in [0.717, 1.165) is 38.6 Å². The van der Waals surface area contributed by atoms with Crippen molar-refractivity contribution in [3.8, 4) is 78.7 Å². The molecule has 3 nitrogen and oxygen atoms in total. The van der Waals surface area contributed by atoms with Crippen LogP contribution < -0.4 is 0 Å². The molecule has 1 aromatic heterocycles. The van der Waals surface area contributed by atoms with Crippen molar-refractivity contribution < 1.29 is 0 Å². The van der Waals surface area contributed by atoms with Gasteiger partial charge in [0.1, 0.15) is 0 Å². The molecule has 2 aliphatic rings. The summed E-state index contributed by atoms with van der Waals surface area (Å²) >= 11 is 0. The quantitative estimate of drug-likeness (QED) is 0.174. The number of aromatic nitrogens is 3. The Morgan fingerprint density at radius 1 is 0.238 bits per heavy atom. The Balaban J connectivity index is 0.956. The Bertz CT molecular complexity index is 3500. The van der Waals surface area contributed by atoms with E-state index in [1.807, 2.05) is 0 Å². The van der Waals surface area contributed by atoms with Crippen LogP contribution in [0.15, 0.2) is 224 Å². The van der Waals surface area contributed by atoms with Crippen LogP contribution in [-0.2, 0) is 5.41 Å². The highest BCUT2D eigenvalue weighted by molar-refractivity contribution is 5.99. The lowest BCUT2D eigenvalue weighted by atomic mass is 9.68. The molecule has 0 radical (unpaired) electrons. The summed E-state index contributed by atoms with van der Waals surface area (Å²) in [7, 11) is 0. The van der Waals surface area contributed by atoms with Gasteiger partial charge in [0.25, 0.3) is 0 Å². The summed E-state index contributed by atoms with van der Waals surface area (Å²) < 4.78 is 0. The van der Waals surface area contributed by atoms with E-state index in [0.29, 0.717) is 17.5 Å². The van der Waals surface area contributed by atoms with Crippen molar-refractivity contribution in [2.45, 2.75) is 5.41 Å². The van der Waals surface area contributed by atoms with Crippen LogP contribution in [0.4, 0.5) is 0 Å². The number of fused-ring (bicyclic) bond motifs is 12. The third-order valence-corrected chi connectivity index (χ3v) is 13.3. The highest BCUT2D eigenvalue weighted by Gasteiger charge is 2.52. The van der Waals surface area contributed by atoms with E-state index < -0.39 is 5.41 Å². The van der Waals surface area contributed by atoms with E-state index in [1.54, 1.807) is 0 Å². The summed E-state index contributed by atoms with van der Waals surface area (Å²) in [6.45, 7) is 0. The molecule has 3 heteroatoms. The molecule has 0 saturated carbocycles. The van der Waals surface area contributed by atoms with Crippen LogP contribution in [-0.4, -0.2) is 15.0 Å². The van der Waals surface area contributed by atoms with Crippen molar-refractivity contribution >= 4 is 21.5 Å². The fraction of sp³-hybridized carbons (Fsp3) is 0.0167. The molecule has 0 bridgehead atoms. The van der Waals surface area contributed by atoms with Gasteiger partial charge in [0.15, 0.2) is 17.5 Å². The van der Waals surface area contributed by atoms with E-state index in [1.165, 1.54) is 66.4 Å². The molecular formula is C60H37N3. The van der Waals surface area contributed by atoms with E-state index in [2.05, 4.69) is 224 Å². The van der Waals surface area contributed by atoms with Crippen LogP contribution in [0.1, 0.15) is 22.3 Å². The molecule has 0 aliphatic heterocycles. The summed E-state index contributed by atoms with van der Waals surface area (Å²) in [5, 5.41) is 4.65. The van der Waals surface area contributed by atoms with E-state index in [-0.39, 0.29) is 0 Å². The van der Waals surface area contributed by atoms with Crippen molar-refractivity contribution in [1.29, 1.82) is 0 Å². The predicted molar refractivity (Wildman–Crippen MR) is 258 cm³/mol. The lowest BCUT2D eigenvalue weighted by molar-refractivity contribution is 0.796. The standard InChI is InChI=1S/C60H37N3/c1-3-16-40-35-46(32-30-38(40)14-1)58-61-57(62-59(63-58)47-33-31-39-15-2-4-17-41(39)36-47)45-21-12-19-43(37-45)42-18-11-20-44(34-42)48-25-13-26-52-51-24-7-10-29-55(51)60(56(48)52)53-27-8-5-22-49(53)50-23-6-9-28-54(50)60/h1-37H. The van der Waals surface area contributed by atoms with Gasteiger partial charge in [-0.2, -0.15) is 0 Å². The Morgan fingerprint density at radius 2 is 0.603 bits per heavy atom. The maximum Gasteiger partial charge on any atom is 0.164 e. The summed E-state index contributed by atoms with van der Waals surface area (Å²) in [5.74, 6) is 1.92. The summed E-state index contributed by atoms with van der Waals surface area (Å²) in [4.78, 5) is 15.5. The normalized spacial score (nSPS) is 12.9. The molecule has 10 aromatic carbocycles. The number of hydrogen-bond acceptors (Lipinski definition) is 3. The van der Waals surface area contributed by atoms with Gasteiger partial charge < -0.3 is 0 Å². The Labute approximate surface area is 365 Å². The highest BCUT2D eigenvalue weighted by atomic mass is 15.0. The summed E-state index contributed by atoms with van der Waals surface area (Å²) in [6, 6.07) is 81.2. The Hall–Kier alpha value is -8.27. The second-order valence-corrected chi connectivity index (χ2v) is 16.7. The Kier molecular flexibility index (Phi) is 7.82. The summed E-state index contributed by atoms with van der Waals surface area (Å²) in [5.41, 5.74) is 17.6. The van der Waals surface area contributed by atoms with Gasteiger partial charge in [-0.3, -0.25) is 0 Å². The monoisotopic (exact) mass is 799 g/mol. The molecule has 0 amide bonds. The molecule has 63 heavy (non-hydrogen) atoms. The highest BCUT2D eigenvalue weighted by Crippen LogP contribution is 2.64. The second kappa shape index (κ2) is 13.9. The van der Waals surface area contributed by atoms with Crippen molar-refractivity contribution in [2.24, 2.45) is 0 Å². The molecule has 2 aliphatic carbocycles. The molecular weight excluding hydrogens is 763 g/mol. The zero-order valence-corrected chi connectivity index (χ0v) is 34.2. The van der Waals surface area contributed by atoms with Gasteiger partial charge in [0.05, 0.1) is 5.41 Å². The van der Waals surface area contributed by atoms with E-state index in [4.69, 9.17) is 15.0 Å². The number of rotatable bonds is 5. The lowest BCUT2D eigenvalue weighted by Gasteiger charge is -2.32. The number of hydrogen-bond donors (Lipinski definition) is 0. The van der Waals surface area contributed by atoms with Crippen LogP contribution in [0.3, 0.4) is 0 Å². The number of benzene rings is 10. The molecule has 11 aromatic rings. The Morgan fingerprint density at radius 3 is 1.14 bits per heavy atom. The molecule has 292 valence electrons. The minimum Gasteiger partial charge on any atom is -0.208 e. The van der Waals surface area contributed by atoms with Crippen molar-refractivity contribution in [3.05, 3.63) is 247 Å². The van der Waals surface area contributed by atoms with Gasteiger partial charge in [0.2, 0.25) is 0 Å². The van der Waals surface area contributed by atoms with Crippen LogP contribution in [0.2, 0.25) is 0 Å². The topological polar surface area (TPSA) is 38.7 Å². The van der Waals surface area contributed by atoms with Crippen LogP contribution >= 0.6 is 0 Å². The molecule has 1 heterocycles. The van der Waals surface area contributed by atoms with Gasteiger partial charge in [0, 0.05) is 16.7 Å². The molecule has 0 atom stereocenters. The first-order valence-electron chi connectivity index (χ1n) is 21.6. The molecule has 13 rings (SSSR count). The summed E-state index contributed by atoms with van der Waals surface area (Å²) in [6.07, 6.45) is 0. The first-order chi connectivity index (χ1) is 31.2. The van der Waals surface area contributed by atoms with Crippen molar-refractivity contribution in [2.75, 3.05) is 0 Å². The first kappa shape index (κ1) is 35.5. The lowest BCUT2D eigenvalue weighted by Crippen LogP contribution is -2.26. The molecule has 0 N–H and O–H groups in total. The van der Waals surface area contributed by atoms with Gasteiger partial charge >= 0.3 is 0 Å². The van der Waals surface area contributed by atoms with Crippen LogP contribution in [0.25, 0.3) is 100 Å². The minimum atomic E-state index is -0.435. The van der Waals surface area contributed by atoms with E-state index >= 15 is 0 Å². The van der Waals surface area contributed by atoms with Crippen LogP contribution in [0, 0.1) is 0 Å². The van der Waals surface area contributed by atoms with E-state index in [9.17, 15) is 0 Å². The molecule has 1 spiro atoms. The zero-order chi connectivity index (χ0) is 41.5. The molecule has 0 unspecified atom stereocenters. The van der Waals surface area contributed by atoms with Gasteiger partial charge in [-0.25, -0.2) is 15.0 Å². The fourth-order valence-electron chi connectivity index (χ4n) is 10.5. The minimum absolute atomic E-state index is 0.435. The van der Waals surface area contributed by atoms with Gasteiger partial charge in [-0.15, -0.1) is 0 Å². The van der Waals surface area contributed by atoms with Gasteiger partial charge in [-0.1, -0.05) is 200 Å². The largest absolute Gasteiger partial charge is 0.208 e. The predicted octanol–water partition coefficient (Wildman–Crippen LogP) is 14.9. The van der Waals surface area contributed by atoms with Gasteiger partial charge in [-0.05, 0) is 113 Å². The smallest absolute Gasteiger partial charge is 0.164 e. The maximum absolute atomic E-state index is 5.18. The van der Waals surface area contributed by atoms with Crippen molar-refractivity contribution in [1.82, 2.24) is 15.0 Å². The first-order valence-corrected chi connectivity index (χ1v) is 21.6. The zero-order valence-electron chi connectivity index (χ0n) is 34.2. The van der Waals surface area contributed by atoms with Crippen LogP contribution in [0.5, 0.6) is 0 Å². The molecule has 0 saturated heterocycles. The third-order valence-electron chi connectivity index (χ3n) is 13.3. The number of nitrogens with zero attached hydrogens (tertiary/aromatic N) is 3. The average molecular weight is 800 g/mol. The molecule has 0 fully saturated rings. The SMILES string of the molecule is c1cc(-c2cccc(-c3cccc4c3C3(c5ccccc5-c5ccccc53)c3ccccc3-4)c2)cc(-c2nc(-c3ccc4ccccc4c3)nc(-c3ccc4ccccc4c3)n2)c1. The fourth-order valence-corrected chi connectivity index (χ4v) is 10.5. The third kappa shape index (κ3) is 5.43. The maximum atomic E-state index is 5.18. The average Bonchev–Trinajstić information content (AvgIpc) is 3.83. The second-order valence-electron chi connectivity index (χ2n) is 16.7. The van der Waals surface area contributed by atoms with Crippen molar-refractivity contribution in [3.63, 3.8) is 0 Å².